The molecule has 9 nitrogen and oxygen atoms in total. The van der Waals surface area contributed by atoms with E-state index >= 15 is 0 Å². The number of aliphatic hydroxyl groups excluding tert-OH is 5. The lowest BCUT2D eigenvalue weighted by atomic mass is 9.99. The van der Waals surface area contributed by atoms with Gasteiger partial charge in [0.2, 0.25) is 5.91 Å². The molecule has 0 aromatic rings. The Kier molecular flexibility index (Phi) is 61.6. The van der Waals surface area contributed by atoms with Crippen LogP contribution in [0.1, 0.15) is 399 Å². The number of aliphatic hydroxyl groups is 5. The standard InChI is InChI=1S/C74H145NO8/c1-3-5-7-9-11-13-15-17-19-21-23-25-26-27-28-29-30-31-32-33-34-35-36-37-38-39-40-41-42-43-44-46-48-50-52-54-56-58-60-62-64-70(78)75-67(66-82-74-73(81)72(80)71(79)69(65-76)83-74)68(77)63-61-59-57-55-53-51-49-47-45-24-22-20-18-16-14-12-10-8-6-4-2/h61,63,67-69,71-74,76-77,79-81H,3-60,62,64-66H2,1-2H3,(H,75,78)/b63-61+. The Labute approximate surface area is 516 Å². The summed E-state index contributed by atoms with van der Waals surface area (Å²) in [7, 11) is 0. The number of allylic oxidation sites excluding steroid dienone is 1. The Bertz CT molecular complexity index is 1320. The molecule has 9 heteroatoms. The first kappa shape index (κ1) is 79.9. The van der Waals surface area contributed by atoms with Crippen molar-refractivity contribution in [3.05, 3.63) is 12.2 Å². The van der Waals surface area contributed by atoms with Gasteiger partial charge in [0.15, 0.2) is 6.29 Å². The van der Waals surface area contributed by atoms with Crippen molar-refractivity contribution in [3.63, 3.8) is 0 Å². The summed E-state index contributed by atoms with van der Waals surface area (Å²) in [6, 6.07) is -0.802. The Balaban J connectivity index is 2.02. The van der Waals surface area contributed by atoms with Crippen LogP contribution in [-0.4, -0.2) is 87.5 Å². The quantitative estimate of drug-likeness (QED) is 0.0261. The highest BCUT2D eigenvalue weighted by atomic mass is 16.7. The summed E-state index contributed by atoms with van der Waals surface area (Å²) in [6.07, 6.45) is 76.4. The number of ether oxygens (including phenoxy) is 2. The van der Waals surface area contributed by atoms with Gasteiger partial charge in [0, 0.05) is 6.42 Å². The van der Waals surface area contributed by atoms with Crippen LogP contribution in [0.25, 0.3) is 0 Å². The van der Waals surface area contributed by atoms with E-state index in [1.165, 1.54) is 340 Å². The molecule has 1 heterocycles. The van der Waals surface area contributed by atoms with E-state index in [4.69, 9.17) is 9.47 Å². The first-order valence-electron chi connectivity index (χ1n) is 37.4. The number of unbranched alkanes of at least 4 members (excludes halogenated alkanes) is 57. The maximum absolute atomic E-state index is 13.1. The molecule has 0 aliphatic carbocycles. The molecule has 7 atom stereocenters. The number of nitrogens with one attached hydrogen (secondary N) is 1. The summed E-state index contributed by atoms with van der Waals surface area (Å²) in [4.78, 5) is 13.1. The lowest BCUT2D eigenvalue weighted by molar-refractivity contribution is -0.302. The SMILES string of the molecule is CCCCCCCCCCCCCCCCCCCC/C=C/C(O)C(COC1OC(CO)C(O)C(O)C1O)NC(=O)CCCCCCCCCCCCCCCCCCCCCCCCCCCCCCCCCCCCCCCCCC. The van der Waals surface area contributed by atoms with Gasteiger partial charge < -0.3 is 40.3 Å². The number of hydrogen-bond donors (Lipinski definition) is 6. The summed E-state index contributed by atoms with van der Waals surface area (Å²) < 4.78 is 11.3. The molecule has 1 amide bonds. The number of carbonyl (C=O) groups excluding carboxylic acids is 1. The molecule has 0 aromatic heterocycles. The topological polar surface area (TPSA) is 149 Å². The summed E-state index contributed by atoms with van der Waals surface area (Å²) in [5.74, 6) is -0.167. The van der Waals surface area contributed by atoms with E-state index in [1.54, 1.807) is 6.08 Å². The fourth-order valence-electron chi connectivity index (χ4n) is 12.5. The van der Waals surface area contributed by atoms with Crippen LogP contribution in [0.3, 0.4) is 0 Å². The average molecular weight is 1180 g/mol. The van der Waals surface area contributed by atoms with Gasteiger partial charge in [-0.05, 0) is 19.3 Å². The highest BCUT2D eigenvalue weighted by molar-refractivity contribution is 5.76. The second kappa shape index (κ2) is 63.9. The van der Waals surface area contributed by atoms with Gasteiger partial charge in [-0.3, -0.25) is 4.79 Å². The van der Waals surface area contributed by atoms with Crippen molar-refractivity contribution in [3.8, 4) is 0 Å². The monoisotopic (exact) mass is 1180 g/mol. The molecular formula is C74H145NO8. The van der Waals surface area contributed by atoms with Gasteiger partial charge in [0.1, 0.15) is 24.4 Å². The van der Waals surface area contributed by atoms with Crippen LogP contribution in [0.15, 0.2) is 12.2 Å². The van der Waals surface area contributed by atoms with Crippen molar-refractivity contribution in [2.45, 2.75) is 442 Å². The predicted molar refractivity (Wildman–Crippen MR) is 355 cm³/mol. The van der Waals surface area contributed by atoms with Crippen LogP contribution in [0.5, 0.6) is 0 Å². The molecule has 0 spiro atoms. The lowest BCUT2D eigenvalue weighted by Gasteiger charge is -2.40. The minimum atomic E-state index is -1.56. The molecule has 1 fully saturated rings. The molecule has 0 radical (unpaired) electrons. The van der Waals surface area contributed by atoms with Crippen LogP contribution >= 0.6 is 0 Å². The lowest BCUT2D eigenvalue weighted by Crippen LogP contribution is -2.60. The fourth-order valence-corrected chi connectivity index (χ4v) is 12.5. The van der Waals surface area contributed by atoms with E-state index in [-0.39, 0.29) is 12.5 Å². The Hall–Kier alpha value is -1.07. The maximum Gasteiger partial charge on any atom is 0.220 e. The smallest absolute Gasteiger partial charge is 0.220 e. The number of carbonyl (C=O) groups is 1. The molecule has 0 aromatic carbocycles. The van der Waals surface area contributed by atoms with Crippen LogP contribution in [-0.2, 0) is 14.3 Å². The van der Waals surface area contributed by atoms with Gasteiger partial charge >= 0.3 is 0 Å². The van der Waals surface area contributed by atoms with Crippen molar-refractivity contribution >= 4 is 5.91 Å². The summed E-state index contributed by atoms with van der Waals surface area (Å²) >= 11 is 0. The van der Waals surface area contributed by atoms with Crippen molar-refractivity contribution in [2.75, 3.05) is 13.2 Å². The molecule has 0 bridgehead atoms. The molecule has 1 aliphatic rings. The van der Waals surface area contributed by atoms with E-state index in [1.807, 2.05) is 6.08 Å². The second-order valence-corrected chi connectivity index (χ2v) is 26.5. The van der Waals surface area contributed by atoms with Crippen molar-refractivity contribution in [1.82, 2.24) is 5.32 Å². The molecule has 1 rings (SSSR count). The maximum atomic E-state index is 13.1. The highest BCUT2D eigenvalue weighted by Crippen LogP contribution is 2.24. The molecular weight excluding hydrogens is 1030 g/mol. The van der Waals surface area contributed by atoms with E-state index in [9.17, 15) is 30.3 Å². The van der Waals surface area contributed by atoms with Crippen molar-refractivity contribution < 1.29 is 39.8 Å². The van der Waals surface area contributed by atoms with Crippen molar-refractivity contribution in [1.29, 1.82) is 0 Å². The largest absolute Gasteiger partial charge is 0.394 e. The molecule has 1 aliphatic heterocycles. The molecule has 494 valence electrons. The Morgan fingerprint density at radius 1 is 0.398 bits per heavy atom. The third-order valence-electron chi connectivity index (χ3n) is 18.4. The molecule has 0 saturated carbocycles. The molecule has 7 unspecified atom stereocenters. The van der Waals surface area contributed by atoms with Gasteiger partial charge in [-0.25, -0.2) is 0 Å². The fraction of sp³-hybridized carbons (Fsp3) is 0.959. The zero-order chi connectivity index (χ0) is 60.0. The van der Waals surface area contributed by atoms with Crippen LogP contribution in [0.2, 0.25) is 0 Å². The minimum Gasteiger partial charge on any atom is -0.394 e. The van der Waals surface area contributed by atoms with E-state index in [0.717, 1.165) is 38.5 Å². The highest BCUT2D eigenvalue weighted by Gasteiger charge is 2.44. The normalized spacial score (nSPS) is 18.2. The van der Waals surface area contributed by atoms with E-state index < -0.39 is 49.5 Å². The summed E-state index contributed by atoms with van der Waals surface area (Å²) in [5, 5.41) is 54.8. The molecule has 1 saturated heterocycles. The van der Waals surface area contributed by atoms with Crippen LogP contribution < -0.4 is 5.32 Å². The van der Waals surface area contributed by atoms with Gasteiger partial charge in [-0.1, -0.05) is 386 Å². The predicted octanol–water partition coefficient (Wildman–Crippen LogP) is 20.7. The first-order chi connectivity index (χ1) is 40.8. The Morgan fingerprint density at radius 2 is 0.663 bits per heavy atom. The summed E-state index contributed by atoms with van der Waals surface area (Å²) in [6.45, 7) is 3.84. The first-order valence-corrected chi connectivity index (χ1v) is 37.4. The number of hydrogen-bond acceptors (Lipinski definition) is 8. The molecule has 6 N–H and O–H groups in total. The number of amides is 1. The van der Waals surface area contributed by atoms with E-state index in [2.05, 4.69) is 19.2 Å². The minimum absolute atomic E-state index is 0.167. The Morgan fingerprint density at radius 3 is 0.940 bits per heavy atom. The van der Waals surface area contributed by atoms with Gasteiger partial charge in [-0.15, -0.1) is 0 Å². The molecule has 83 heavy (non-hydrogen) atoms. The van der Waals surface area contributed by atoms with Crippen LogP contribution in [0, 0.1) is 0 Å². The zero-order valence-corrected chi connectivity index (χ0v) is 55.5. The van der Waals surface area contributed by atoms with Crippen molar-refractivity contribution in [2.24, 2.45) is 0 Å². The average Bonchev–Trinajstić information content (AvgIpc) is 3.50. The van der Waals surface area contributed by atoms with E-state index in [0.29, 0.717) is 6.42 Å². The summed E-state index contributed by atoms with van der Waals surface area (Å²) in [5.41, 5.74) is 0. The van der Waals surface area contributed by atoms with Gasteiger partial charge in [-0.2, -0.15) is 0 Å². The van der Waals surface area contributed by atoms with Gasteiger partial charge in [0.25, 0.3) is 0 Å². The second-order valence-electron chi connectivity index (χ2n) is 26.5. The zero-order valence-electron chi connectivity index (χ0n) is 55.5. The third-order valence-corrected chi connectivity index (χ3v) is 18.4. The van der Waals surface area contributed by atoms with Crippen LogP contribution in [0.4, 0.5) is 0 Å². The van der Waals surface area contributed by atoms with Gasteiger partial charge in [0.05, 0.1) is 25.4 Å². The number of rotatable bonds is 67. The third kappa shape index (κ3) is 52.6.